The molecule has 45 heavy (non-hydrogen) atoms. The predicted octanol–water partition coefficient (Wildman–Crippen LogP) is 3.33. The number of sulfonamides is 1. The maximum atomic E-state index is 13.4. The summed E-state index contributed by atoms with van der Waals surface area (Å²) in [5.74, 6) is -1.88. The van der Waals surface area contributed by atoms with Crippen molar-refractivity contribution >= 4 is 27.9 Å². The summed E-state index contributed by atoms with van der Waals surface area (Å²) in [5.41, 5.74) is 2.10. The SMILES string of the molecule is Cc1c(C)c(S(=O)(=O)NC(=N)NCCC[C@H](NC(=O)c2cccn(-c3ccccc3)c2=O)C(=O)O)c(C)c2c1OC(C)(C)CC2. The van der Waals surface area contributed by atoms with E-state index in [1.54, 1.807) is 44.2 Å². The van der Waals surface area contributed by atoms with E-state index in [1.807, 2.05) is 20.8 Å². The highest BCUT2D eigenvalue weighted by Crippen LogP contribution is 2.42. The van der Waals surface area contributed by atoms with Crippen LogP contribution in [0.3, 0.4) is 0 Å². The summed E-state index contributed by atoms with van der Waals surface area (Å²) in [5, 5.41) is 22.9. The third kappa shape index (κ3) is 7.36. The molecule has 2 aromatic carbocycles. The number of para-hydroxylation sites is 1. The smallest absolute Gasteiger partial charge is 0.326 e. The number of benzene rings is 2. The number of carbonyl (C=O) groups is 2. The highest BCUT2D eigenvalue weighted by atomic mass is 32.2. The Morgan fingerprint density at radius 1 is 1.07 bits per heavy atom. The first-order chi connectivity index (χ1) is 21.1. The molecule has 13 heteroatoms. The van der Waals surface area contributed by atoms with Gasteiger partial charge in [0, 0.05) is 18.4 Å². The largest absolute Gasteiger partial charge is 0.487 e. The van der Waals surface area contributed by atoms with Crippen molar-refractivity contribution in [1.29, 1.82) is 5.41 Å². The summed E-state index contributed by atoms with van der Waals surface area (Å²) in [7, 11) is -4.12. The van der Waals surface area contributed by atoms with E-state index < -0.39 is 39.5 Å². The summed E-state index contributed by atoms with van der Waals surface area (Å²) in [4.78, 5) is 37.8. The van der Waals surface area contributed by atoms with E-state index in [9.17, 15) is 27.9 Å². The van der Waals surface area contributed by atoms with Gasteiger partial charge in [-0.2, -0.15) is 0 Å². The van der Waals surface area contributed by atoms with Gasteiger partial charge in [-0.15, -0.1) is 0 Å². The monoisotopic (exact) mass is 637 g/mol. The Labute approximate surface area is 262 Å². The fraction of sp³-hybridized carbons (Fsp3) is 0.375. The number of guanidine groups is 1. The zero-order valence-electron chi connectivity index (χ0n) is 26.0. The average molecular weight is 638 g/mol. The summed E-state index contributed by atoms with van der Waals surface area (Å²) in [6, 6.07) is 10.2. The summed E-state index contributed by atoms with van der Waals surface area (Å²) in [6.07, 6.45) is 3.06. The van der Waals surface area contributed by atoms with Crippen LogP contribution in [0.1, 0.15) is 65.7 Å². The third-order valence-corrected chi connectivity index (χ3v) is 9.60. The molecule has 12 nitrogen and oxygen atoms in total. The molecule has 0 saturated heterocycles. The molecule has 0 unspecified atom stereocenters. The first-order valence-electron chi connectivity index (χ1n) is 14.6. The molecule has 0 radical (unpaired) electrons. The number of carboxylic acid groups (broad SMARTS) is 1. The standard InChI is InChI=1S/C32H39N5O7S/c1-19-20(2)27(21(3)23-15-16-32(4,5)44-26(19)23)45(42,43)36-31(33)34-17-9-14-25(30(40)41)35-28(38)24-13-10-18-37(29(24)39)22-11-7-6-8-12-22/h6-8,10-13,18,25H,9,14-17H2,1-5H3,(H,35,38)(H,40,41)(H3,33,34,36)/t25-/m0/s1. The Hall–Kier alpha value is -4.65. The normalized spacial score (nSPS) is 14.4. The number of aliphatic carboxylic acids is 1. The molecule has 1 aliphatic heterocycles. The van der Waals surface area contributed by atoms with Gasteiger partial charge in [-0.1, -0.05) is 18.2 Å². The minimum atomic E-state index is -4.12. The lowest BCUT2D eigenvalue weighted by Crippen LogP contribution is -2.44. The van der Waals surface area contributed by atoms with E-state index in [-0.39, 0.29) is 35.4 Å². The second-order valence-electron chi connectivity index (χ2n) is 11.7. The summed E-state index contributed by atoms with van der Waals surface area (Å²) >= 11 is 0. The lowest BCUT2D eigenvalue weighted by Gasteiger charge is -2.35. The number of pyridine rings is 1. The van der Waals surface area contributed by atoms with Crippen molar-refractivity contribution in [1.82, 2.24) is 19.9 Å². The average Bonchev–Trinajstić information content (AvgIpc) is 2.97. The van der Waals surface area contributed by atoms with E-state index >= 15 is 0 Å². The topological polar surface area (TPSA) is 180 Å². The van der Waals surface area contributed by atoms with E-state index in [1.165, 1.54) is 22.9 Å². The second kappa shape index (κ2) is 13.1. The molecule has 4 rings (SSSR count). The molecule has 1 atom stereocenters. The second-order valence-corrected chi connectivity index (χ2v) is 13.3. The Morgan fingerprint density at radius 2 is 1.76 bits per heavy atom. The number of amides is 1. The van der Waals surface area contributed by atoms with Crippen molar-refractivity contribution in [2.24, 2.45) is 0 Å². The zero-order chi connectivity index (χ0) is 33.1. The molecule has 240 valence electrons. The van der Waals surface area contributed by atoms with Crippen LogP contribution in [0.4, 0.5) is 0 Å². The lowest BCUT2D eigenvalue weighted by atomic mass is 9.88. The zero-order valence-corrected chi connectivity index (χ0v) is 26.8. The minimum Gasteiger partial charge on any atom is -0.487 e. The van der Waals surface area contributed by atoms with Gasteiger partial charge in [-0.3, -0.25) is 19.6 Å². The number of hydrogen-bond acceptors (Lipinski definition) is 7. The van der Waals surface area contributed by atoms with Gasteiger partial charge < -0.3 is 20.5 Å². The molecule has 2 heterocycles. The van der Waals surface area contributed by atoms with Crippen LogP contribution in [-0.4, -0.2) is 54.1 Å². The van der Waals surface area contributed by atoms with Crippen molar-refractivity contribution in [3.05, 3.63) is 86.8 Å². The Balaban J connectivity index is 1.36. The molecule has 1 amide bonds. The predicted molar refractivity (Wildman–Crippen MR) is 170 cm³/mol. The van der Waals surface area contributed by atoms with Crippen molar-refractivity contribution in [3.63, 3.8) is 0 Å². The van der Waals surface area contributed by atoms with Gasteiger partial charge in [0.1, 0.15) is 23.0 Å². The van der Waals surface area contributed by atoms with E-state index in [2.05, 4.69) is 15.4 Å². The number of rotatable bonds is 10. The molecular weight excluding hydrogens is 598 g/mol. The maximum absolute atomic E-state index is 13.4. The molecule has 0 fully saturated rings. The fourth-order valence-corrected chi connectivity index (χ4v) is 6.97. The number of ether oxygens (including phenoxy) is 1. The van der Waals surface area contributed by atoms with Crippen molar-refractivity contribution < 1.29 is 27.9 Å². The summed E-state index contributed by atoms with van der Waals surface area (Å²) < 4.78 is 36.5. The van der Waals surface area contributed by atoms with Gasteiger partial charge in [-0.25, -0.2) is 17.9 Å². The number of fused-ring (bicyclic) bond motifs is 1. The molecule has 5 N–H and O–H groups in total. The van der Waals surface area contributed by atoms with Gasteiger partial charge in [0.25, 0.3) is 21.5 Å². The maximum Gasteiger partial charge on any atom is 0.326 e. The van der Waals surface area contributed by atoms with E-state index in [0.29, 0.717) is 29.0 Å². The van der Waals surface area contributed by atoms with E-state index in [4.69, 9.17) is 10.1 Å². The number of carboxylic acids is 1. The lowest BCUT2D eigenvalue weighted by molar-refractivity contribution is -0.139. The molecule has 0 saturated carbocycles. The number of hydrogen-bond donors (Lipinski definition) is 5. The van der Waals surface area contributed by atoms with Crippen LogP contribution < -0.4 is 25.7 Å². The van der Waals surface area contributed by atoms with Crippen LogP contribution in [0.2, 0.25) is 0 Å². The van der Waals surface area contributed by atoms with Gasteiger partial charge >= 0.3 is 5.97 Å². The van der Waals surface area contributed by atoms with Crippen molar-refractivity contribution in [2.45, 2.75) is 76.8 Å². The first kappa shape index (κ1) is 33.2. The highest BCUT2D eigenvalue weighted by Gasteiger charge is 2.33. The molecule has 0 spiro atoms. The van der Waals surface area contributed by atoms with Crippen LogP contribution >= 0.6 is 0 Å². The van der Waals surface area contributed by atoms with Crippen LogP contribution in [0.15, 0.2) is 58.4 Å². The number of aromatic nitrogens is 1. The van der Waals surface area contributed by atoms with Crippen LogP contribution in [0.5, 0.6) is 5.75 Å². The van der Waals surface area contributed by atoms with Crippen LogP contribution in [0.25, 0.3) is 5.69 Å². The quantitative estimate of drug-likeness (QED) is 0.128. The molecule has 1 aliphatic rings. The number of nitrogens with zero attached hydrogens (tertiary/aromatic N) is 1. The Bertz CT molecular complexity index is 1800. The molecule has 0 bridgehead atoms. The molecular formula is C32H39N5O7S. The Kier molecular flexibility index (Phi) is 9.71. The van der Waals surface area contributed by atoms with Gasteiger partial charge in [0.2, 0.25) is 5.96 Å². The molecule has 3 aromatic rings. The van der Waals surface area contributed by atoms with Crippen molar-refractivity contribution in [3.8, 4) is 11.4 Å². The van der Waals surface area contributed by atoms with Crippen LogP contribution in [-0.2, 0) is 21.2 Å². The van der Waals surface area contributed by atoms with Crippen LogP contribution in [0, 0.1) is 26.2 Å². The van der Waals surface area contributed by atoms with Gasteiger partial charge in [0.15, 0.2) is 0 Å². The minimum absolute atomic E-state index is 0.0353. The number of carbonyl (C=O) groups excluding carboxylic acids is 1. The van der Waals surface area contributed by atoms with Gasteiger partial charge in [-0.05, 0) is 107 Å². The summed E-state index contributed by atoms with van der Waals surface area (Å²) in [6.45, 7) is 9.33. The van der Waals surface area contributed by atoms with Crippen molar-refractivity contribution in [2.75, 3.05) is 6.54 Å². The van der Waals surface area contributed by atoms with E-state index in [0.717, 1.165) is 17.5 Å². The first-order valence-corrected chi connectivity index (χ1v) is 16.1. The van der Waals surface area contributed by atoms with Gasteiger partial charge in [0.05, 0.1) is 4.90 Å². The number of nitrogens with one attached hydrogen (secondary N) is 4. The fourth-order valence-electron chi connectivity index (χ4n) is 5.44. The third-order valence-electron chi connectivity index (χ3n) is 7.97. The highest BCUT2D eigenvalue weighted by molar-refractivity contribution is 7.90. The molecule has 1 aromatic heterocycles. The molecule has 0 aliphatic carbocycles. The Morgan fingerprint density at radius 3 is 2.42 bits per heavy atom.